The van der Waals surface area contributed by atoms with Crippen molar-refractivity contribution < 1.29 is 14.3 Å². The Labute approximate surface area is 107 Å². The molecule has 0 radical (unpaired) electrons. The first-order valence-corrected chi connectivity index (χ1v) is 6.06. The van der Waals surface area contributed by atoms with Crippen molar-refractivity contribution in [2.45, 2.75) is 26.3 Å². The number of hydrogen-bond donors (Lipinski definition) is 1. The molecule has 0 saturated heterocycles. The van der Waals surface area contributed by atoms with Crippen molar-refractivity contribution >= 4 is 5.97 Å². The molecule has 18 heavy (non-hydrogen) atoms. The molecule has 1 unspecified atom stereocenters. The van der Waals surface area contributed by atoms with E-state index in [1.165, 1.54) is 12.1 Å². The lowest BCUT2D eigenvalue weighted by atomic mass is 9.95. The average Bonchev–Trinajstić information content (AvgIpc) is 2.26. The number of carboxylic acid groups (broad SMARTS) is 1. The van der Waals surface area contributed by atoms with E-state index < -0.39 is 5.97 Å². The van der Waals surface area contributed by atoms with Crippen LogP contribution in [0.25, 0.3) is 0 Å². The van der Waals surface area contributed by atoms with Gasteiger partial charge in [0.05, 0.1) is 6.54 Å². The number of rotatable bonds is 6. The van der Waals surface area contributed by atoms with Crippen LogP contribution < -0.4 is 0 Å². The van der Waals surface area contributed by atoms with Crippen LogP contribution in [0.5, 0.6) is 0 Å². The fourth-order valence-corrected chi connectivity index (χ4v) is 2.09. The summed E-state index contributed by atoms with van der Waals surface area (Å²) in [5.74, 6) is -0.750. The Morgan fingerprint density at radius 1 is 1.33 bits per heavy atom. The van der Waals surface area contributed by atoms with Crippen LogP contribution in [-0.2, 0) is 11.2 Å². The minimum atomic E-state index is -0.831. The molecule has 1 aromatic carbocycles. The summed E-state index contributed by atoms with van der Waals surface area (Å²) in [5.41, 5.74) is 1.02. The second-order valence-corrected chi connectivity index (χ2v) is 4.95. The summed E-state index contributed by atoms with van der Waals surface area (Å²) >= 11 is 0. The second kappa shape index (κ2) is 6.50. The molecule has 1 aromatic rings. The molecular weight excluding hydrogens is 233 g/mol. The van der Waals surface area contributed by atoms with Crippen molar-refractivity contribution in [3.05, 3.63) is 35.6 Å². The van der Waals surface area contributed by atoms with Crippen LogP contribution in [0.15, 0.2) is 24.3 Å². The molecule has 0 aliphatic rings. The van der Waals surface area contributed by atoms with Gasteiger partial charge >= 0.3 is 5.97 Å². The molecule has 0 aromatic heterocycles. The van der Waals surface area contributed by atoms with Gasteiger partial charge in [-0.1, -0.05) is 26.0 Å². The Bertz CT molecular complexity index is 389. The van der Waals surface area contributed by atoms with Crippen molar-refractivity contribution in [3.63, 3.8) is 0 Å². The Morgan fingerprint density at radius 3 is 2.33 bits per heavy atom. The van der Waals surface area contributed by atoms with Gasteiger partial charge in [0.1, 0.15) is 5.82 Å². The molecule has 1 N–H and O–H groups in total. The van der Waals surface area contributed by atoms with Gasteiger partial charge in [0, 0.05) is 6.04 Å². The summed E-state index contributed by atoms with van der Waals surface area (Å²) in [6.45, 7) is 4.14. The number of benzene rings is 1. The lowest BCUT2D eigenvalue weighted by molar-refractivity contribution is -0.138. The van der Waals surface area contributed by atoms with Gasteiger partial charge in [0.25, 0.3) is 0 Å². The third-order valence-electron chi connectivity index (χ3n) is 3.08. The number of carboxylic acids is 1. The van der Waals surface area contributed by atoms with Crippen LogP contribution in [-0.4, -0.2) is 35.6 Å². The predicted molar refractivity (Wildman–Crippen MR) is 69.0 cm³/mol. The molecular formula is C14H20FNO2. The molecule has 0 heterocycles. The number of likely N-dealkylation sites (N-methyl/N-ethyl adjacent to an activating group) is 1. The van der Waals surface area contributed by atoms with Crippen LogP contribution in [0.4, 0.5) is 4.39 Å². The van der Waals surface area contributed by atoms with E-state index in [9.17, 15) is 9.18 Å². The van der Waals surface area contributed by atoms with Gasteiger partial charge in [-0.2, -0.15) is 0 Å². The van der Waals surface area contributed by atoms with E-state index in [4.69, 9.17) is 5.11 Å². The van der Waals surface area contributed by atoms with Crippen molar-refractivity contribution in [3.8, 4) is 0 Å². The van der Waals surface area contributed by atoms with Crippen molar-refractivity contribution in [1.29, 1.82) is 0 Å². The molecule has 0 aliphatic heterocycles. The highest BCUT2D eigenvalue weighted by Gasteiger charge is 2.20. The Hall–Kier alpha value is -1.42. The van der Waals surface area contributed by atoms with Crippen LogP contribution in [0, 0.1) is 11.7 Å². The monoisotopic (exact) mass is 253 g/mol. The van der Waals surface area contributed by atoms with Crippen LogP contribution in [0.3, 0.4) is 0 Å². The quantitative estimate of drug-likeness (QED) is 0.846. The zero-order valence-electron chi connectivity index (χ0n) is 11.1. The third kappa shape index (κ3) is 4.45. The first-order chi connectivity index (χ1) is 8.40. The highest BCUT2D eigenvalue weighted by Crippen LogP contribution is 2.15. The number of hydrogen-bond acceptors (Lipinski definition) is 2. The van der Waals surface area contributed by atoms with Gasteiger partial charge in [-0.05, 0) is 37.1 Å². The number of carbonyl (C=O) groups is 1. The maximum absolute atomic E-state index is 12.8. The molecule has 1 atom stereocenters. The molecule has 4 heteroatoms. The van der Waals surface area contributed by atoms with Gasteiger partial charge in [-0.3, -0.25) is 9.69 Å². The van der Waals surface area contributed by atoms with Crippen molar-refractivity contribution in [1.82, 2.24) is 4.90 Å². The highest BCUT2D eigenvalue weighted by molar-refractivity contribution is 5.69. The lowest BCUT2D eigenvalue weighted by Crippen LogP contribution is -2.40. The summed E-state index contributed by atoms with van der Waals surface area (Å²) in [6.07, 6.45) is 0.724. The zero-order valence-corrected chi connectivity index (χ0v) is 11.1. The van der Waals surface area contributed by atoms with Gasteiger partial charge < -0.3 is 5.11 Å². The molecule has 1 rings (SSSR count). The fourth-order valence-electron chi connectivity index (χ4n) is 2.09. The summed E-state index contributed by atoms with van der Waals surface area (Å²) < 4.78 is 12.8. The van der Waals surface area contributed by atoms with E-state index >= 15 is 0 Å². The summed E-state index contributed by atoms with van der Waals surface area (Å²) in [6, 6.07) is 6.50. The lowest BCUT2D eigenvalue weighted by Gasteiger charge is -2.30. The molecule has 100 valence electrons. The van der Waals surface area contributed by atoms with E-state index in [-0.39, 0.29) is 18.4 Å². The number of halogens is 1. The molecule has 0 aliphatic carbocycles. The largest absolute Gasteiger partial charge is 0.480 e. The van der Waals surface area contributed by atoms with Crippen LogP contribution in [0.1, 0.15) is 19.4 Å². The Morgan fingerprint density at radius 2 is 1.89 bits per heavy atom. The third-order valence-corrected chi connectivity index (χ3v) is 3.08. The van der Waals surface area contributed by atoms with Gasteiger partial charge in [0.15, 0.2) is 0 Å². The highest BCUT2D eigenvalue weighted by atomic mass is 19.1. The van der Waals surface area contributed by atoms with E-state index in [0.717, 1.165) is 12.0 Å². The normalized spacial score (nSPS) is 13.0. The van der Waals surface area contributed by atoms with E-state index in [1.807, 2.05) is 11.9 Å². The zero-order chi connectivity index (χ0) is 13.7. The fraction of sp³-hybridized carbons (Fsp3) is 0.500. The first-order valence-electron chi connectivity index (χ1n) is 6.06. The van der Waals surface area contributed by atoms with Gasteiger partial charge in [-0.15, -0.1) is 0 Å². The number of nitrogens with zero attached hydrogens (tertiary/aromatic N) is 1. The second-order valence-electron chi connectivity index (χ2n) is 4.95. The van der Waals surface area contributed by atoms with Gasteiger partial charge in [0.2, 0.25) is 0 Å². The molecule has 0 fully saturated rings. The van der Waals surface area contributed by atoms with E-state index in [0.29, 0.717) is 5.92 Å². The van der Waals surface area contributed by atoms with Crippen LogP contribution in [0.2, 0.25) is 0 Å². The first kappa shape index (κ1) is 14.6. The number of aliphatic carboxylic acids is 1. The standard InChI is InChI=1S/C14H20FNO2/c1-10(2)13(16(3)9-14(17)18)8-11-4-6-12(15)7-5-11/h4-7,10,13H,8-9H2,1-3H3,(H,17,18). The maximum atomic E-state index is 12.8. The molecule has 0 spiro atoms. The summed E-state index contributed by atoms with van der Waals surface area (Å²) in [5, 5.41) is 8.83. The topological polar surface area (TPSA) is 40.5 Å². The van der Waals surface area contributed by atoms with Crippen molar-refractivity contribution in [2.24, 2.45) is 5.92 Å². The Balaban J connectivity index is 2.73. The average molecular weight is 253 g/mol. The SMILES string of the molecule is CC(C)C(Cc1ccc(F)cc1)N(C)CC(=O)O. The molecule has 0 saturated carbocycles. The molecule has 0 amide bonds. The summed E-state index contributed by atoms with van der Waals surface area (Å²) in [4.78, 5) is 12.6. The van der Waals surface area contributed by atoms with Crippen molar-refractivity contribution in [2.75, 3.05) is 13.6 Å². The molecule has 3 nitrogen and oxygen atoms in total. The Kier molecular flexibility index (Phi) is 5.28. The summed E-state index contributed by atoms with van der Waals surface area (Å²) in [7, 11) is 1.81. The minimum absolute atomic E-state index is 0.0179. The smallest absolute Gasteiger partial charge is 0.317 e. The predicted octanol–water partition coefficient (Wildman–Crippen LogP) is 2.41. The molecule has 0 bridgehead atoms. The van der Waals surface area contributed by atoms with Gasteiger partial charge in [-0.25, -0.2) is 4.39 Å². The van der Waals surface area contributed by atoms with E-state index in [2.05, 4.69) is 13.8 Å². The van der Waals surface area contributed by atoms with E-state index in [1.54, 1.807) is 12.1 Å². The maximum Gasteiger partial charge on any atom is 0.317 e. The van der Waals surface area contributed by atoms with Crippen LogP contribution >= 0.6 is 0 Å². The minimum Gasteiger partial charge on any atom is -0.480 e.